The van der Waals surface area contributed by atoms with E-state index in [0.29, 0.717) is 12.0 Å². The van der Waals surface area contributed by atoms with Crippen LogP contribution in [0.25, 0.3) is 0 Å². The van der Waals surface area contributed by atoms with Crippen molar-refractivity contribution in [3.63, 3.8) is 0 Å². The fraction of sp³-hybridized carbons (Fsp3) is 1.00. The summed E-state index contributed by atoms with van der Waals surface area (Å²) < 4.78 is 5.16. The van der Waals surface area contributed by atoms with Gasteiger partial charge < -0.3 is 4.74 Å². The summed E-state index contributed by atoms with van der Waals surface area (Å²) in [4.78, 5) is 2.52. The van der Waals surface area contributed by atoms with Crippen LogP contribution in [-0.4, -0.2) is 43.5 Å². The lowest BCUT2D eigenvalue weighted by atomic mass is 10.1. The van der Waals surface area contributed by atoms with Crippen LogP contribution in [0.1, 0.15) is 33.6 Å². The Balaban J connectivity index is 4.09. The highest BCUT2D eigenvalue weighted by Gasteiger charge is 2.15. The lowest BCUT2D eigenvalue weighted by Crippen LogP contribution is -2.39. The maximum Gasteiger partial charge on any atom is 0.0589 e. The van der Waals surface area contributed by atoms with E-state index in [1.807, 2.05) is 0 Å². The molecule has 0 fully saturated rings. The van der Waals surface area contributed by atoms with Crippen molar-refractivity contribution in [2.24, 2.45) is 5.92 Å². The third-order valence-corrected chi connectivity index (χ3v) is 3.64. The second-order valence-corrected chi connectivity index (χ2v) is 4.57. The van der Waals surface area contributed by atoms with Gasteiger partial charge in [-0.25, -0.2) is 0 Å². The number of ether oxygens (including phenoxy) is 1. The first-order valence-electron chi connectivity index (χ1n) is 6.03. The Morgan fingerprint density at radius 2 is 1.93 bits per heavy atom. The van der Waals surface area contributed by atoms with E-state index >= 15 is 0 Å². The van der Waals surface area contributed by atoms with Gasteiger partial charge in [-0.3, -0.25) is 4.90 Å². The molecule has 0 rings (SSSR count). The van der Waals surface area contributed by atoms with E-state index < -0.39 is 0 Å². The molecule has 0 radical (unpaired) electrons. The summed E-state index contributed by atoms with van der Waals surface area (Å²) in [7, 11) is 1.77. The van der Waals surface area contributed by atoms with Crippen LogP contribution >= 0.6 is 12.6 Å². The Morgan fingerprint density at radius 3 is 2.33 bits per heavy atom. The Morgan fingerprint density at radius 1 is 1.27 bits per heavy atom. The molecule has 2 unspecified atom stereocenters. The fourth-order valence-corrected chi connectivity index (χ4v) is 1.98. The SMILES string of the molecule is CCC(CS)CN(CCOC)C(C)CC. The first-order valence-corrected chi connectivity index (χ1v) is 6.66. The number of hydrogen-bond donors (Lipinski definition) is 1. The zero-order valence-electron chi connectivity index (χ0n) is 10.7. The first-order chi connectivity index (χ1) is 7.19. The number of methoxy groups -OCH3 is 1. The molecular weight excluding hydrogens is 206 g/mol. The normalized spacial score (nSPS) is 15.6. The van der Waals surface area contributed by atoms with E-state index in [1.54, 1.807) is 7.11 Å². The van der Waals surface area contributed by atoms with Crippen LogP contribution in [0.5, 0.6) is 0 Å². The van der Waals surface area contributed by atoms with Crippen LogP contribution in [0.15, 0.2) is 0 Å². The molecule has 92 valence electrons. The van der Waals surface area contributed by atoms with Gasteiger partial charge in [0.25, 0.3) is 0 Å². The molecule has 0 aromatic heterocycles. The molecular formula is C12H27NOS. The van der Waals surface area contributed by atoms with Crippen LogP contribution in [0.3, 0.4) is 0 Å². The molecule has 0 amide bonds. The van der Waals surface area contributed by atoms with Gasteiger partial charge in [-0.2, -0.15) is 12.6 Å². The number of nitrogens with zero attached hydrogens (tertiary/aromatic N) is 1. The molecule has 0 spiro atoms. The Bertz CT molecular complexity index is 140. The maximum absolute atomic E-state index is 5.16. The summed E-state index contributed by atoms with van der Waals surface area (Å²) >= 11 is 4.40. The van der Waals surface area contributed by atoms with Crippen molar-refractivity contribution in [2.75, 3.05) is 32.6 Å². The standard InChI is InChI=1S/C12H27NOS/c1-5-11(3)13(7-8-14-4)9-12(6-2)10-15/h11-12,15H,5-10H2,1-4H3. The van der Waals surface area contributed by atoms with Gasteiger partial charge >= 0.3 is 0 Å². The molecule has 0 saturated heterocycles. The molecule has 0 bridgehead atoms. The molecule has 3 heteroatoms. The summed E-state index contributed by atoms with van der Waals surface area (Å²) in [6, 6.07) is 0.647. The predicted molar refractivity (Wildman–Crippen MR) is 70.8 cm³/mol. The van der Waals surface area contributed by atoms with E-state index in [-0.39, 0.29) is 0 Å². The summed E-state index contributed by atoms with van der Waals surface area (Å²) in [6.45, 7) is 9.79. The van der Waals surface area contributed by atoms with Crippen LogP contribution < -0.4 is 0 Å². The van der Waals surface area contributed by atoms with Gasteiger partial charge in [0.05, 0.1) is 6.61 Å². The van der Waals surface area contributed by atoms with Crippen molar-refractivity contribution in [1.82, 2.24) is 4.90 Å². The highest BCUT2D eigenvalue weighted by molar-refractivity contribution is 7.80. The van der Waals surface area contributed by atoms with Gasteiger partial charge in [-0.05, 0) is 25.0 Å². The second kappa shape index (κ2) is 9.49. The molecule has 0 aliphatic carbocycles. The van der Waals surface area contributed by atoms with E-state index in [4.69, 9.17) is 4.74 Å². The van der Waals surface area contributed by atoms with Gasteiger partial charge in [0.15, 0.2) is 0 Å². The van der Waals surface area contributed by atoms with Crippen LogP contribution in [-0.2, 0) is 4.74 Å². The Hall–Kier alpha value is 0.270. The van der Waals surface area contributed by atoms with Crippen molar-refractivity contribution >= 4 is 12.6 Å². The van der Waals surface area contributed by atoms with Gasteiger partial charge in [0.2, 0.25) is 0 Å². The van der Waals surface area contributed by atoms with Gasteiger partial charge in [-0.1, -0.05) is 20.3 Å². The van der Waals surface area contributed by atoms with E-state index in [2.05, 4.69) is 38.3 Å². The minimum absolute atomic E-state index is 0.647. The molecule has 2 nitrogen and oxygen atoms in total. The van der Waals surface area contributed by atoms with Gasteiger partial charge in [-0.15, -0.1) is 0 Å². The molecule has 15 heavy (non-hydrogen) atoms. The number of rotatable bonds is 9. The van der Waals surface area contributed by atoms with Crippen LogP contribution in [0, 0.1) is 5.92 Å². The molecule has 2 atom stereocenters. The molecule has 0 saturated carbocycles. The zero-order chi connectivity index (χ0) is 11.7. The summed E-state index contributed by atoms with van der Waals surface area (Å²) in [5.41, 5.74) is 0. The molecule has 0 aliphatic heterocycles. The van der Waals surface area contributed by atoms with E-state index in [9.17, 15) is 0 Å². The molecule has 0 N–H and O–H groups in total. The third kappa shape index (κ3) is 6.44. The molecule has 0 heterocycles. The lowest BCUT2D eigenvalue weighted by Gasteiger charge is -2.31. The summed E-state index contributed by atoms with van der Waals surface area (Å²) in [5.74, 6) is 1.69. The van der Waals surface area contributed by atoms with Gasteiger partial charge in [0, 0.05) is 26.2 Å². The minimum Gasteiger partial charge on any atom is -0.383 e. The zero-order valence-corrected chi connectivity index (χ0v) is 11.6. The lowest BCUT2D eigenvalue weighted by molar-refractivity contribution is 0.111. The van der Waals surface area contributed by atoms with Crippen molar-refractivity contribution in [3.05, 3.63) is 0 Å². The monoisotopic (exact) mass is 233 g/mol. The Kier molecular flexibility index (Phi) is 9.66. The average Bonchev–Trinajstić information content (AvgIpc) is 2.28. The third-order valence-electron chi connectivity index (χ3n) is 3.13. The number of thiol groups is 1. The Labute approximate surface area is 101 Å². The highest BCUT2D eigenvalue weighted by Crippen LogP contribution is 2.11. The second-order valence-electron chi connectivity index (χ2n) is 4.20. The topological polar surface area (TPSA) is 12.5 Å². The molecule has 0 aliphatic rings. The minimum atomic E-state index is 0.647. The van der Waals surface area contributed by atoms with Gasteiger partial charge in [0.1, 0.15) is 0 Å². The molecule has 0 aromatic rings. The van der Waals surface area contributed by atoms with Crippen molar-refractivity contribution in [1.29, 1.82) is 0 Å². The maximum atomic E-state index is 5.16. The van der Waals surface area contributed by atoms with E-state index in [0.717, 1.165) is 25.4 Å². The summed E-state index contributed by atoms with van der Waals surface area (Å²) in [5, 5.41) is 0. The largest absolute Gasteiger partial charge is 0.383 e. The average molecular weight is 233 g/mol. The highest BCUT2D eigenvalue weighted by atomic mass is 32.1. The fourth-order valence-electron chi connectivity index (χ4n) is 1.61. The smallest absolute Gasteiger partial charge is 0.0589 e. The van der Waals surface area contributed by atoms with Crippen molar-refractivity contribution < 1.29 is 4.74 Å². The van der Waals surface area contributed by atoms with E-state index in [1.165, 1.54) is 12.8 Å². The quantitative estimate of drug-likeness (QED) is 0.615. The predicted octanol–water partition coefficient (Wildman–Crippen LogP) is 2.69. The van der Waals surface area contributed by atoms with Crippen molar-refractivity contribution in [3.8, 4) is 0 Å². The first kappa shape index (κ1) is 15.3. The molecule has 0 aromatic carbocycles. The summed E-state index contributed by atoms with van der Waals surface area (Å²) in [6.07, 6.45) is 2.41. The van der Waals surface area contributed by atoms with Crippen molar-refractivity contribution in [2.45, 2.75) is 39.7 Å². The van der Waals surface area contributed by atoms with Crippen LogP contribution in [0.4, 0.5) is 0 Å². The number of hydrogen-bond acceptors (Lipinski definition) is 3. The van der Waals surface area contributed by atoms with Crippen LogP contribution in [0.2, 0.25) is 0 Å².